The van der Waals surface area contributed by atoms with E-state index in [1.165, 1.54) is 6.92 Å². The molecule has 1 aromatic carbocycles. The molecule has 20 heavy (non-hydrogen) atoms. The summed E-state index contributed by atoms with van der Waals surface area (Å²) in [7, 11) is -3.54. The Morgan fingerprint density at radius 2 is 2.00 bits per heavy atom. The molecule has 5 nitrogen and oxygen atoms in total. The number of hydrogen-bond acceptors (Lipinski definition) is 4. The quantitative estimate of drug-likeness (QED) is 0.832. The molecule has 1 rings (SSSR count). The molecule has 0 aromatic heterocycles. The summed E-state index contributed by atoms with van der Waals surface area (Å²) in [5.41, 5.74) is 2.57. The first kappa shape index (κ1) is 16.7. The number of aryl methyl sites for hydroxylation is 1. The van der Waals surface area contributed by atoms with Crippen molar-refractivity contribution in [3.8, 4) is 0 Å². The molecule has 0 bridgehead atoms. The number of carbonyl (C=O) groups is 1. The van der Waals surface area contributed by atoms with Gasteiger partial charge in [-0.15, -0.1) is 0 Å². The van der Waals surface area contributed by atoms with E-state index in [4.69, 9.17) is 5.11 Å². The van der Waals surface area contributed by atoms with Gasteiger partial charge in [0.1, 0.15) is 5.25 Å². The zero-order chi connectivity index (χ0) is 15.3. The number of hydrogen-bond donors (Lipinski definition) is 2. The van der Waals surface area contributed by atoms with E-state index < -0.39 is 21.0 Å². The third kappa shape index (κ3) is 4.05. The molecule has 1 amide bonds. The van der Waals surface area contributed by atoms with Crippen molar-refractivity contribution in [1.29, 1.82) is 0 Å². The van der Waals surface area contributed by atoms with Crippen LogP contribution in [0.5, 0.6) is 0 Å². The van der Waals surface area contributed by atoms with Crippen molar-refractivity contribution in [3.05, 3.63) is 29.3 Å². The number of nitrogens with one attached hydrogen (secondary N) is 1. The van der Waals surface area contributed by atoms with Crippen LogP contribution in [0.2, 0.25) is 0 Å². The molecule has 0 aliphatic heterocycles. The number of rotatable bonds is 6. The Bertz CT molecular complexity index is 581. The van der Waals surface area contributed by atoms with Crippen molar-refractivity contribution >= 4 is 21.4 Å². The van der Waals surface area contributed by atoms with Crippen molar-refractivity contribution in [3.63, 3.8) is 0 Å². The highest BCUT2D eigenvalue weighted by molar-refractivity contribution is 7.92. The minimum Gasteiger partial charge on any atom is -0.396 e. The Balaban J connectivity index is 2.83. The fourth-order valence-corrected chi connectivity index (χ4v) is 3.00. The number of aliphatic hydroxyl groups excluding tert-OH is 1. The summed E-state index contributed by atoms with van der Waals surface area (Å²) in [6, 6.07) is 5.47. The second-order valence-corrected chi connectivity index (χ2v) is 7.26. The topological polar surface area (TPSA) is 83.5 Å². The van der Waals surface area contributed by atoms with Gasteiger partial charge in [-0.2, -0.15) is 0 Å². The summed E-state index contributed by atoms with van der Waals surface area (Å²) < 4.78 is 23.8. The van der Waals surface area contributed by atoms with Gasteiger partial charge in [0, 0.05) is 12.3 Å². The first-order valence-corrected chi connectivity index (χ1v) is 8.20. The molecule has 1 aromatic rings. The summed E-state index contributed by atoms with van der Waals surface area (Å²) in [6.45, 7) is 4.96. The van der Waals surface area contributed by atoms with Gasteiger partial charge in [-0.3, -0.25) is 4.79 Å². The van der Waals surface area contributed by atoms with Crippen LogP contribution in [-0.2, 0) is 14.6 Å². The minimum absolute atomic E-state index is 0.142. The lowest BCUT2D eigenvalue weighted by Gasteiger charge is -2.15. The van der Waals surface area contributed by atoms with Gasteiger partial charge in [0.15, 0.2) is 9.84 Å². The molecule has 6 heteroatoms. The van der Waals surface area contributed by atoms with Crippen LogP contribution in [0.3, 0.4) is 0 Å². The third-order valence-corrected chi connectivity index (χ3v) is 5.51. The second-order valence-electron chi connectivity index (χ2n) is 4.82. The van der Waals surface area contributed by atoms with E-state index in [9.17, 15) is 13.2 Å². The SMILES string of the molecule is Cc1cccc(NC(=O)C(C)S(=O)(=O)CCCO)c1C. The van der Waals surface area contributed by atoms with Crippen LogP contribution >= 0.6 is 0 Å². The van der Waals surface area contributed by atoms with Crippen molar-refractivity contribution in [1.82, 2.24) is 0 Å². The zero-order valence-corrected chi connectivity index (χ0v) is 12.8. The van der Waals surface area contributed by atoms with Gasteiger partial charge in [-0.1, -0.05) is 12.1 Å². The highest BCUT2D eigenvalue weighted by Crippen LogP contribution is 2.19. The zero-order valence-electron chi connectivity index (χ0n) is 12.0. The van der Waals surface area contributed by atoms with Crippen molar-refractivity contribution in [2.75, 3.05) is 17.7 Å². The highest BCUT2D eigenvalue weighted by atomic mass is 32.2. The maximum Gasteiger partial charge on any atom is 0.242 e. The third-order valence-electron chi connectivity index (χ3n) is 3.36. The number of carbonyl (C=O) groups excluding carboxylic acids is 1. The Labute approximate surface area is 119 Å². The summed E-state index contributed by atoms with van der Waals surface area (Å²) in [6.07, 6.45) is 0.142. The fourth-order valence-electron chi connectivity index (χ4n) is 1.73. The van der Waals surface area contributed by atoms with Crippen LogP contribution < -0.4 is 5.32 Å². The molecule has 0 heterocycles. The standard InChI is InChI=1S/C14H21NO4S/c1-10-6-4-7-13(11(10)2)15-14(17)12(3)20(18,19)9-5-8-16/h4,6-7,12,16H,5,8-9H2,1-3H3,(H,15,17). The fraction of sp³-hybridized carbons (Fsp3) is 0.500. The molecular formula is C14H21NO4S. The van der Waals surface area contributed by atoms with Gasteiger partial charge >= 0.3 is 0 Å². The van der Waals surface area contributed by atoms with Gasteiger partial charge in [0.05, 0.1) is 5.75 Å². The normalized spacial score (nSPS) is 13.0. The Morgan fingerprint density at radius 3 is 2.60 bits per heavy atom. The molecule has 0 saturated carbocycles. The Morgan fingerprint density at radius 1 is 1.35 bits per heavy atom. The van der Waals surface area contributed by atoms with Gasteiger partial charge in [0.25, 0.3) is 0 Å². The molecule has 1 unspecified atom stereocenters. The lowest BCUT2D eigenvalue weighted by Crippen LogP contribution is -2.34. The van der Waals surface area contributed by atoms with E-state index in [2.05, 4.69) is 5.32 Å². The Hall–Kier alpha value is -1.40. The lowest BCUT2D eigenvalue weighted by molar-refractivity contribution is -0.115. The van der Waals surface area contributed by atoms with E-state index in [1.807, 2.05) is 26.0 Å². The number of anilines is 1. The Kier molecular flexibility index (Phi) is 5.71. The summed E-state index contributed by atoms with van der Waals surface area (Å²) in [4.78, 5) is 12.0. The van der Waals surface area contributed by atoms with Crippen molar-refractivity contribution < 1.29 is 18.3 Å². The molecule has 0 fully saturated rings. The van der Waals surface area contributed by atoms with Crippen LogP contribution in [0, 0.1) is 13.8 Å². The molecule has 0 saturated heterocycles. The second kappa shape index (κ2) is 6.85. The van der Waals surface area contributed by atoms with Crippen molar-refractivity contribution in [2.24, 2.45) is 0 Å². The average molecular weight is 299 g/mol. The van der Waals surface area contributed by atoms with E-state index >= 15 is 0 Å². The van der Waals surface area contributed by atoms with Crippen LogP contribution in [0.1, 0.15) is 24.5 Å². The van der Waals surface area contributed by atoms with Crippen LogP contribution in [0.15, 0.2) is 18.2 Å². The molecule has 2 N–H and O–H groups in total. The maximum atomic E-state index is 12.0. The first-order chi connectivity index (χ1) is 9.29. The number of benzene rings is 1. The number of aliphatic hydroxyl groups is 1. The molecule has 112 valence electrons. The molecular weight excluding hydrogens is 278 g/mol. The minimum atomic E-state index is -3.54. The van der Waals surface area contributed by atoms with E-state index in [1.54, 1.807) is 6.07 Å². The number of amides is 1. The van der Waals surface area contributed by atoms with Crippen LogP contribution in [-0.4, -0.2) is 37.0 Å². The van der Waals surface area contributed by atoms with Gasteiger partial charge in [-0.05, 0) is 44.4 Å². The molecule has 0 aliphatic carbocycles. The predicted molar refractivity (Wildman–Crippen MR) is 79.5 cm³/mol. The number of sulfone groups is 1. The largest absolute Gasteiger partial charge is 0.396 e. The van der Waals surface area contributed by atoms with Gasteiger partial charge in [0.2, 0.25) is 5.91 Å². The average Bonchev–Trinajstić information content (AvgIpc) is 2.40. The van der Waals surface area contributed by atoms with Crippen LogP contribution in [0.25, 0.3) is 0 Å². The summed E-state index contributed by atoms with van der Waals surface area (Å²) in [5.74, 6) is -0.734. The molecule has 1 atom stereocenters. The monoisotopic (exact) mass is 299 g/mol. The first-order valence-electron chi connectivity index (χ1n) is 6.49. The van der Waals surface area contributed by atoms with E-state index in [-0.39, 0.29) is 18.8 Å². The smallest absolute Gasteiger partial charge is 0.242 e. The highest BCUT2D eigenvalue weighted by Gasteiger charge is 2.27. The molecule has 0 radical (unpaired) electrons. The lowest BCUT2D eigenvalue weighted by atomic mass is 10.1. The van der Waals surface area contributed by atoms with E-state index in [0.29, 0.717) is 5.69 Å². The summed E-state index contributed by atoms with van der Waals surface area (Å²) in [5, 5.41) is 10.2. The van der Waals surface area contributed by atoms with E-state index in [0.717, 1.165) is 11.1 Å². The predicted octanol–water partition coefficient (Wildman–Crippen LogP) is 1.43. The molecule has 0 spiro atoms. The summed E-state index contributed by atoms with van der Waals surface area (Å²) >= 11 is 0. The van der Waals surface area contributed by atoms with Gasteiger partial charge < -0.3 is 10.4 Å². The van der Waals surface area contributed by atoms with Crippen LogP contribution in [0.4, 0.5) is 5.69 Å². The van der Waals surface area contributed by atoms with Gasteiger partial charge in [-0.25, -0.2) is 8.42 Å². The van der Waals surface area contributed by atoms with Crippen molar-refractivity contribution in [2.45, 2.75) is 32.4 Å². The maximum absolute atomic E-state index is 12.0. The molecule has 0 aliphatic rings.